The fourth-order valence-electron chi connectivity index (χ4n) is 2.28. The molecule has 0 aromatic carbocycles. The Bertz CT molecular complexity index is 186. The third kappa shape index (κ3) is 3.01. The van der Waals surface area contributed by atoms with E-state index >= 15 is 0 Å². The van der Waals surface area contributed by atoms with Crippen molar-refractivity contribution in [2.24, 2.45) is 5.92 Å². The molecule has 0 radical (unpaired) electrons. The molecule has 2 aliphatic rings. The number of hydrogen-bond donors (Lipinski definition) is 1. The molecule has 0 saturated heterocycles. The molecule has 82 valence electrons. The van der Waals surface area contributed by atoms with Crippen molar-refractivity contribution in [1.29, 1.82) is 0 Å². The predicted molar refractivity (Wildman–Crippen MR) is 62.0 cm³/mol. The number of nitrogens with one attached hydrogen (secondary N) is 1. The van der Waals surface area contributed by atoms with Crippen LogP contribution in [0.2, 0.25) is 0 Å². The third-order valence-electron chi connectivity index (χ3n) is 3.46. The molecule has 2 saturated carbocycles. The first kappa shape index (κ1) is 11.0. The van der Waals surface area contributed by atoms with E-state index in [2.05, 4.69) is 5.32 Å². The zero-order valence-corrected chi connectivity index (χ0v) is 10.1. The van der Waals surface area contributed by atoms with E-state index in [1.807, 2.05) is 0 Å². The third-order valence-corrected chi connectivity index (χ3v) is 4.39. The quantitative estimate of drug-likeness (QED) is 0.584. The number of rotatable bonds is 3. The van der Waals surface area contributed by atoms with Gasteiger partial charge in [0, 0.05) is 18.5 Å². The van der Waals surface area contributed by atoms with Crippen molar-refractivity contribution in [3.05, 3.63) is 0 Å². The maximum Gasteiger partial charge on any atom is 0.122 e. The number of hydrogen-bond acceptors (Lipinski definition) is 1. The zero-order valence-electron chi connectivity index (χ0n) is 8.57. The Morgan fingerprint density at radius 3 is 2.14 bits per heavy atom. The van der Waals surface area contributed by atoms with E-state index in [4.69, 9.17) is 23.2 Å². The van der Waals surface area contributed by atoms with Crippen LogP contribution in [0, 0.1) is 5.92 Å². The van der Waals surface area contributed by atoms with E-state index < -0.39 is 4.33 Å². The van der Waals surface area contributed by atoms with Crippen molar-refractivity contribution in [2.75, 3.05) is 6.54 Å². The Morgan fingerprint density at radius 1 is 1.07 bits per heavy atom. The summed E-state index contributed by atoms with van der Waals surface area (Å²) in [6, 6.07) is 0.724. The van der Waals surface area contributed by atoms with Crippen LogP contribution in [0.4, 0.5) is 0 Å². The Morgan fingerprint density at radius 2 is 1.64 bits per heavy atom. The van der Waals surface area contributed by atoms with Crippen LogP contribution in [0.25, 0.3) is 0 Å². The summed E-state index contributed by atoms with van der Waals surface area (Å²) in [5.74, 6) is 0.495. The minimum Gasteiger partial charge on any atom is -0.314 e. The van der Waals surface area contributed by atoms with E-state index in [-0.39, 0.29) is 0 Å². The van der Waals surface area contributed by atoms with Crippen LogP contribution < -0.4 is 5.32 Å². The van der Waals surface area contributed by atoms with Gasteiger partial charge in [-0.1, -0.05) is 25.7 Å². The largest absolute Gasteiger partial charge is 0.314 e. The Balaban J connectivity index is 1.65. The van der Waals surface area contributed by atoms with Gasteiger partial charge in [-0.2, -0.15) is 0 Å². The first-order valence-corrected chi connectivity index (χ1v) is 6.55. The highest BCUT2D eigenvalue weighted by molar-refractivity contribution is 6.50. The second-order valence-corrected chi connectivity index (χ2v) is 6.30. The second-order valence-electron chi connectivity index (χ2n) is 4.76. The fraction of sp³-hybridized carbons (Fsp3) is 1.00. The summed E-state index contributed by atoms with van der Waals surface area (Å²) in [6.07, 6.45) is 9.24. The Labute approximate surface area is 96.5 Å². The summed E-state index contributed by atoms with van der Waals surface area (Å²) in [6.45, 7) is 1.01. The van der Waals surface area contributed by atoms with E-state index in [9.17, 15) is 0 Å². The van der Waals surface area contributed by atoms with Gasteiger partial charge in [-0.05, 0) is 19.3 Å². The molecule has 0 aliphatic heterocycles. The van der Waals surface area contributed by atoms with Gasteiger partial charge in [0.15, 0.2) is 0 Å². The minimum atomic E-state index is -0.405. The fourth-order valence-corrected chi connectivity index (χ4v) is 2.81. The van der Waals surface area contributed by atoms with Gasteiger partial charge < -0.3 is 5.32 Å². The summed E-state index contributed by atoms with van der Waals surface area (Å²) in [7, 11) is 0. The molecule has 1 atom stereocenters. The van der Waals surface area contributed by atoms with Crippen molar-refractivity contribution in [3.63, 3.8) is 0 Å². The molecule has 2 rings (SSSR count). The second kappa shape index (κ2) is 4.59. The molecule has 1 nitrogen and oxygen atoms in total. The van der Waals surface area contributed by atoms with Gasteiger partial charge in [0.25, 0.3) is 0 Å². The highest BCUT2D eigenvalue weighted by atomic mass is 35.5. The molecule has 1 unspecified atom stereocenters. The molecule has 0 aromatic heterocycles. The summed E-state index contributed by atoms with van der Waals surface area (Å²) in [5, 5.41) is 3.61. The maximum absolute atomic E-state index is 5.98. The van der Waals surface area contributed by atoms with Crippen molar-refractivity contribution in [2.45, 2.75) is 55.3 Å². The van der Waals surface area contributed by atoms with Crippen LogP contribution in [0.15, 0.2) is 0 Å². The molecule has 14 heavy (non-hydrogen) atoms. The van der Waals surface area contributed by atoms with Crippen molar-refractivity contribution in [3.8, 4) is 0 Å². The molecule has 3 heteroatoms. The first-order valence-electron chi connectivity index (χ1n) is 5.80. The smallest absolute Gasteiger partial charge is 0.122 e. The summed E-state index contributed by atoms with van der Waals surface area (Å²) >= 11 is 12.0. The molecule has 0 amide bonds. The van der Waals surface area contributed by atoms with Gasteiger partial charge in [0.1, 0.15) is 4.33 Å². The summed E-state index contributed by atoms with van der Waals surface area (Å²) in [4.78, 5) is 0. The lowest BCUT2D eigenvalue weighted by atomic mass is 10.1. The number of halogens is 2. The molecular formula is C11H19Cl2N. The average molecular weight is 236 g/mol. The lowest BCUT2D eigenvalue weighted by molar-refractivity contribution is 0.449. The van der Waals surface area contributed by atoms with Crippen LogP contribution >= 0.6 is 23.2 Å². The molecule has 0 bridgehead atoms. The minimum absolute atomic E-state index is 0.405. The van der Waals surface area contributed by atoms with E-state index in [1.165, 1.54) is 38.5 Å². The monoisotopic (exact) mass is 235 g/mol. The van der Waals surface area contributed by atoms with E-state index in [0.29, 0.717) is 5.92 Å². The zero-order chi connectivity index (χ0) is 10.0. The van der Waals surface area contributed by atoms with Crippen molar-refractivity contribution >= 4 is 23.2 Å². The summed E-state index contributed by atoms with van der Waals surface area (Å²) in [5.41, 5.74) is 0. The van der Waals surface area contributed by atoms with Crippen LogP contribution in [-0.4, -0.2) is 16.9 Å². The average Bonchev–Trinajstić information content (AvgIpc) is 2.81. The van der Waals surface area contributed by atoms with Crippen LogP contribution in [-0.2, 0) is 0 Å². The normalized spacial score (nSPS) is 32.6. The molecule has 1 N–H and O–H groups in total. The van der Waals surface area contributed by atoms with E-state index in [0.717, 1.165) is 19.0 Å². The highest BCUT2D eigenvalue weighted by Crippen LogP contribution is 2.52. The van der Waals surface area contributed by atoms with Gasteiger partial charge >= 0.3 is 0 Å². The van der Waals surface area contributed by atoms with Gasteiger partial charge in [-0.3, -0.25) is 0 Å². The SMILES string of the molecule is ClC1(Cl)CC1CNC1CCCCCC1. The summed E-state index contributed by atoms with van der Waals surface area (Å²) < 4.78 is -0.405. The van der Waals surface area contributed by atoms with Crippen molar-refractivity contribution in [1.82, 2.24) is 5.32 Å². The van der Waals surface area contributed by atoms with Gasteiger partial charge in [-0.25, -0.2) is 0 Å². The van der Waals surface area contributed by atoms with Gasteiger partial charge in [0.05, 0.1) is 0 Å². The van der Waals surface area contributed by atoms with Crippen LogP contribution in [0.5, 0.6) is 0 Å². The molecule has 2 fully saturated rings. The predicted octanol–water partition coefficient (Wildman–Crippen LogP) is 3.49. The molecule has 0 aromatic rings. The Kier molecular flexibility index (Phi) is 3.62. The standard InChI is InChI=1S/C11H19Cl2N/c12-11(13)7-9(11)8-14-10-5-3-1-2-4-6-10/h9-10,14H,1-8H2. The van der Waals surface area contributed by atoms with E-state index in [1.54, 1.807) is 0 Å². The molecule has 2 aliphatic carbocycles. The first-order chi connectivity index (χ1) is 6.68. The highest BCUT2D eigenvalue weighted by Gasteiger charge is 2.51. The maximum atomic E-state index is 5.98. The molecular weight excluding hydrogens is 217 g/mol. The lowest BCUT2D eigenvalue weighted by Crippen LogP contribution is -2.31. The lowest BCUT2D eigenvalue weighted by Gasteiger charge is -2.15. The Hall–Kier alpha value is 0.540. The van der Waals surface area contributed by atoms with Crippen LogP contribution in [0.1, 0.15) is 44.9 Å². The molecule has 0 spiro atoms. The topological polar surface area (TPSA) is 12.0 Å². The van der Waals surface area contributed by atoms with Crippen molar-refractivity contribution < 1.29 is 0 Å². The van der Waals surface area contributed by atoms with Gasteiger partial charge in [0.2, 0.25) is 0 Å². The molecule has 0 heterocycles. The number of alkyl halides is 2. The van der Waals surface area contributed by atoms with Crippen LogP contribution in [0.3, 0.4) is 0 Å². The van der Waals surface area contributed by atoms with Gasteiger partial charge in [-0.15, -0.1) is 23.2 Å².